The molecule has 70 heavy (non-hydrogen) atoms. The third-order valence-electron chi connectivity index (χ3n) is 14.3. The van der Waals surface area contributed by atoms with Gasteiger partial charge < -0.3 is 30.1 Å². The molecule has 3 atom stereocenters. The van der Waals surface area contributed by atoms with Crippen molar-refractivity contribution >= 4 is 46.4 Å². The van der Waals surface area contributed by atoms with Crippen molar-refractivity contribution in [3.05, 3.63) is 129 Å². The van der Waals surface area contributed by atoms with Crippen LogP contribution in [0.15, 0.2) is 96.5 Å². The summed E-state index contributed by atoms with van der Waals surface area (Å²) >= 11 is 7.90. The van der Waals surface area contributed by atoms with Crippen LogP contribution in [0.1, 0.15) is 94.1 Å². The minimum atomic E-state index is -0.856. The summed E-state index contributed by atoms with van der Waals surface area (Å²) in [5.41, 5.74) is 7.80. The topological polar surface area (TPSA) is 171 Å². The van der Waals surface area contributed by atoms with E-state index in [1.54, 1.807) is 17.4 Å². The normalized spacial score (nSPS) is 19.6. The van der Waals surface area contributed by atoms with Gasteiger partial charge in [0.15, 0.2) is 5.78 Å². The smallest absolute Gasteiger partial charge is 0.251 e. The number of halogens is 1. The van der Waals surface area contributed by atoms with Crippen molar-refractivity contribution in [2.45, 2.75) is 99.4 Å². The van der Waals surface area contributed by atoms with Crippen LogP contribution in [0.3, 0.4) is 0 Å². The van der Waals surface area contributed by atoms with Crippen LogP contribution >= 0.6 is 22.9 Å². The molecular formula is C56H64ClN5O7S. The Hall–Kier alpha value is -5.91. The van der Waals surface area contributed by atoms with E-state index in [2.05, 4.69) is 49.4 Å². The summed E-state index contributed by atoms with van der Waals surface area (Å²) in [6.07, 6.45) is -0.0157. The van der Waals surface area contributed by atoms with Crippen LogP contribution in [0.5, 0.6) is 5.75 Å². The molecule has 12 nitrogen and oxygen atoms in total. The van der Waals surface area contributed by atoms with E-state index < -0.39 is 23.5 Å². The lowest BCUT2D eigenvalue weighted by atomic mass is 9.43. The molecule has 1 unspecified atom stereocenters. The molecule has 1 aliphatic heterocycles. The number of rotatable bonds is 18. The van der Waals surface area contributed by atoms with Crippen molar-refractivity contribution in [2.24, 2.45) is 28.1 Å². The molecule has 7 rings (SSSR count). The van der Waals surface area contributed by atoms with Crippen LogP contribution in [0.2, 0.25) is 5.02 Å². The summed E-state index contributed by atoms with van der Waals surface area (Å²) < 4.78 is 11.6. The van der Waals surface area contributed by atoms with Crippen molar-refractivity contribution in [2.75, 3.05) is 26.4 Å². The molecule has 1 saturated carbocycles. The van der Waals surface area contributed by atoms with Gasteiger partial charge in [-0.2, -0.15) is 5.26 Å². The summed E-state index contributed by atoms with van der Waals surface area (Å²) in [5.74, 6) is -0.876. The molecule has 14 heteroatoms. The van der Waals surface area contributed by atoms with E-state index in [0.717, 1.165) is 44.8 Å². The minimum Gasteiger partial charge on any atom is -0.491 e. The number of aliphatic hydroxyl groups is 1. The zero-order valence-electron chi connectivity index (χ0n) is 41.3. The number of nitriles is 1. The van der Waals surface area contributed by atoms with Crippen molar-refractivity contribution in [3.63, 3.8) is 0 Å². The van der Waals surface area contributed by atoms with Gasteiger partial charge in [-0.3, -0.25) is 19.2 Å². The number of carbonyl (C=O) groups is 4. The number of amides is 3. The predicted molar refractivity (Wildman–Crippen MR) is 273 cm³/mol. The number of benzene rings is 4. The number of nitrogens with one attached hydrogen (secondary N) is 2. The van der Waals surface area contributed by atoms with Crippen molar-refractivity contribution in [3.8, 4) is 33.4 Å². The van der Waals surface area contributed by atoms with Crippen LogP contribution in [-0.2, 0) is 32.1 Å². The largest absolute Gasteiger partial charge is 0.491 e. The second-order valence-corrected chi connectivity index (χ2v) is 22.2. The Bertz CT molecular complexity index is 2710. The Morgan fingerprint density at radius 1 is 0.914 bits per heavy atom. The fourth-order valence-electron chi connectivity index (χ4n) is 10.5. The number of aliphatic hydroxyl groups excluding tert-OH is 1. The number of thiazole rings is 1. The number of aryl methyl sites for hydroxylation is 1. The zero-order valence-corrected chi connectivity index (χ0v) is 42.9. The quantitative estimate of drug-likeness (QED) is 0.0724. The maximum Gasteiger partial charge on any atom is 0.251 e. The fraction of sp³-hybridized carbons (Fsp3) is 0.429. The lowest BCUT2D eigenvalue weighted by Crippen LogP contribution is -2.70. The highest BCUT2D eigenvalue weighted by Gasteiger charge is 2.61. The number of Topliss-reactive ketones (excluding diaryl/α,β-unsaturated/α-hetero) is 1. The molecular weight excluding hydrogens is 922 g/mol. The standard InChI is InChI=1S/C56H64ClN5O7S/c1-34-49(70-33-60-34)39-12-9-35(10-13-39)30-59-51(66)47-28-42(63)31-62(47)52(67)45(54(2,3)4)27-43(64)32-68-23-24-69-44-21-19-38(20-22-44)37-15-17-40(18-16-37)50(65)61-53-55(5,6)48(56(53,7)8)26-36-11-14-41(29-58)46(57)25-36/h9-22,25,33,42,45,47-48,53,63H,23-24,26-28,30-32H2,1-8H3,(H,59,66)(H,61,65)/t42-,45+,47?,48?,53?/m0/s1. The molecule has 2 aliphatic rings. The third kappa shape index (κ3) is 11.8. The van der Waals surface area contributed by atoms with Crippen LogP contribution in [0, 0.1) is 46.3 Å². The first-order valence-electron chi connectivity index (χ1n) is 23.8. The van der Waals surface area contributed by atoms with Gasteiger partial charge in [0.1, 0.15) is 31.1 Å². The number of likely N-dealkylation sites (tertiary alicyclic amines) is 1. The number of aromatic nitrogens is 1. The molecule has 4 aromatic carbocycles. The Kier molecular flexibility index (Phi) is 16.0. The Morgan fingerprint density at radius 2 is 1.54 bits per heavy atom. The summed E-state index contributed by atoms with van der Waals surface area (Å²) in [6.45, 7) is 16.8. The van der Waals surface area contributed by atoms with E-state index in [-0.39, 0.29) is 92.0 Å². The molecule has 2 fully saturated rings. The van der Waals surface area contributed by atoms with E-state index in [1.807, 2.05) is 118 Å². The molecule has 5 aromatic rings. The average Bonchev–Trinajstić information content (AvgIpc) is 3.95. The number of ketones is 1. The van der Waals surface area contributed by atoms with Crippen LogP contribution in [0.4, 0.5) is 0 Å². The zero-order chi connectivity index (χ0) is 50.5. The third-order valence-corrected chi connectivity index (χ3v) is 15.6. The van der Waals surface area contributed by atoms with E-state index in [1.165, 1.54) is 4.90 Å². The number of hydrogen-bond acceptors (Lipinski definition) is 10. The molecule has 1 saturated heterocycles. The van der Waals surface area contributed by atoms with Crippen LogP contribution in [0.25, 0.3) is 21.6 Å². The molecule has 0 bridgehead atoms. The van der Waals surface area contributed by atoms with Crippen LogP contribution < -0.4 is 15.4 Å². The van der Waals surface area contributed by atoms with Gasteiger partial charge in [0, 0.05) is 43.5 Å². The number of ether oxygens (including phenoxy) is 2. The number of β-amino-alcohol motifs (C(OH)–C–C–N with tert-alkyl or cyclic N) is 1. The van der Waals surface area contributed by atoms with Gasteiger partial charge in [-0.1, -0.05) is 115 Å². The summed E-state index contributed by atoms with van der Waals surface area (Å²) in [4.78, 5) is 61.2. The van der Waals surface area contributed by atoms with Gasteiger partial charge in [-0.25, -0.2) is 4.98 Å². The van der Waals surface area contributed by atoms with Gasteiger partial charge in [0.25, 0.3) is 5.91 Å². The van der Waals surface area contributed by atoms with Gasteiger partial charge in [0.2, 0.25) is 11.8 Å². The second kappa shape index (κ2) is 21.6. The number of hydrogen-bond donors (Lipinski definition) is 3. The van der Waals surface area contributed by atoms with E-state index >= 15 is 0 Å². The van der Waals surface area contributed by atoms with Gasteiger partial charge in [-0.05, 0) is 99.7 Å². The van der Waals surface area contributed by atoms with E-state index in [0.29, 0.717) is 21.9 Å². The molecule has 3 N–H and O–H groups in total. The highest BCUT2D eigenvalue weighted by Crippen LogP contribution is 2.60. The van der Waals surface area contributed by atoms with Gasteiger partial charge in [-0.15, -0.1) is 11.3 Å². The van der Waals surface area contributed by atoms with Crippen LogP contribution in [-0.4, -0.2) is 83.0 Å². The summed E-state index contributed by atoms with van der Waals surface area (Å²) in [7, 11) is 0. The first-order chi connectivity index (χ1) is 33.2. The molecule has 1 aromatic heterocycles. The van der Waals surface area contributed by atoms with Crippen molar-refractivity contribution in [1.29, 1.82) is 5.26 Å². The summed E-state index contributed by atoms with van der Waals surface area (Å²) in [6, 6.07) is 29.8. The SMILES string of the molecule is Cc1ncsc1-c1ccc(CNC(=O)C2C[C@H](O)CN2C(=O)[C@@H](CC(=O)COCCOc2ccc(-c3ccc(C(=O)NC4C(C)(C)C(Cc5ccc(C#N)c(Cl)c5)C4(C)C)cc3)cc2)C(C)(C)C)cc1. The molecule has 0 spiro atoms. The lowest BCUT2D eigenvalue weighted by Gasteiger charge is -2.64. The first kappa shape index (κ1) is 51.9. The molecule has 0 radical (unpaired) electrons. The van der Waals surface area contributed by atoms with Gasteiger partial charge >= 0.3 is 0 Å². The first-order valence-corrected chi connectivity index (χ1v) is 25.1. The molecule has 3 amide bonds. The van der Waals surface area contributed by atoms with Gasteiger partial charge in [0.05, 0.1) is 39.4 Å². The Balaban J connectivity index is 0.839. The van der Waals surface area contributed by atoms with Crippen molar-refractivity contribution in [1.82, 2.24) is 20.5 Å². The molecule has 368 valence electrons. The Morgan fingerprint density at radius 3 is 2.14 bits per heavy atom. The lowest BCUT2D eigenvalue weighted by molar-refractivity contribution is -0.146. The maximum atomic E-state index is 14.1. The average molecular weight is 987 g/mol. The van der Waals surface area contributed by atoms with Crippen molar-refractivity contribution < 1.29 is 33.8 Å². The highest BCUT2D eigenvalue weighted by molar-refractivity contribution is 7.13. The fourth-order valence-corrected chi connectivity index (χ4v) is 11.6. The summed E-state index contributed by atoms with van der Waals surface area (Å²) in [5, 5.41) is 26.6. The van der Waals surface area contributed by atoms with E-state index in [4.69, 9.17) is 21.1 Å². The molecule has 1 aliphatic carbocycles. The predicted octanol–water partition coefficient (Wildman–Crippen LogP) is 9.63. The molecule has 2 heterocycles. The highest BCUT2D eigenvalue weighted by atomic mass is 35.5. The number of nitrogens with zero attached hydrogens (tertiary/aromatic N) is 3. The second-order valence-electron chi connectivity index (χ2n) is 21.0. The number of carbonyl (C=O) groups excluding carboxylic acids is 4. The maximum absolute atomic E-state index is 14.1. The Labute approximate surface area is 420 Å². The monoisotopic (exact) mass is 985 g/mol. The minimum absolute atomic E-state index is 0.0147. The van der Waals surface area contributed by atoms with E-state index in [9.17, 15) is 29.5 Å².